The van der Waals surface area contributed by atoms with E-state index >= 15 is 0 Å². The summed E-state index contributed by atoms with van der Waals surface area (Å²) in [7, 11) is 5.04. The third-order valence-electron chi connectivity index (χ3n) is 4.65. The minimum atomic E-state index is -0.156. The molecule has 0 N–H and O–H groups in total. The van der Waals surface area contributed by atoms with Crippen molar-refractivity contribution in [2.45, 2.75) is 13.5 Å². The molecular formula is C24H27N3O4. The van der Waals surface area contributed by atoms with Crippen molar-refractivity contribution in [2.24, 2.45) is 0 Å². The fourth-order valence-corrected chi connectivity index (χ4v) is 3.01. The van der Waals surface area contributed by atoms with Crippen molar-refractivity contribution in [1.29, 1.82) is 0 Å². The molecule has 7 nitrogen and oxygen atoms in total. The van der Waals surface area contributed by atoms with Gasteiger partial charge in [0.2, 0.25) is 5.88 Å². The van der Waals surface area contributed by atoms with Gasteiger partial charge in [0.15, 0.2) is 0 Å². The lowest BCUT2D eigenvalue weighted by atomic mass is 10.0. The quantitative estimate of drug-likeness (QED) is 0.490. The van der Waals surface area contributed by atoms with Crippen LogP contribution < -0.4 is 9.47 Å². The van der Waals surface area contributed by atoms with Crippen LogP contribution in [0.4, 0.5) is 0 Å². The highest BCUT2D eigenvalue weighted by molar-refractivity contribution is 5.96. The van der Waals surface area contributed by atoms with E-state index in [-0.39, 0.29) is 12.5 Å². The largest absolute Gasteiger partial charge is 0.491 e. The predicted molar refractivity (Wildman–Crippen MR) is 118 cm³/mol. The van der Waals surface area contributed by atoms with Gasteiger partial charge in [0, 0.05) is 39.2 Å². The minimum Gasteiger partial charge on any atom is -0.491 e. The van der Waals surface area contributed by atoms with Gasteiger partial charge in [-0.2, -0.15) is 0 Å². The molecule has 0 aliphatic carbocycles. The van der Waals surface area contributed by atoms with Crippen LogP contribution >= 0.6 is 0 Å². The number of nitrogens with zero attached hydrogens (tertiary/aromatic N) is 3. The average molecular weight is 421 g/mol. The standard InChI is InChI=1S/C24H27N3O4/c1-17-14-20(30-13-12-29-4)9-10-21(17)18-7-8-19(26-15-18)16-31-23-22(6-5-11-25-23)24(28)27(2)3/h5-11,14-15H,12-13,16H2,1-4H3. The van der Waals surface area contributed by atoms with Gasteiger partial charge in [-0.05, 0) is 48.4 Å². The Balaban J connectivity index is 1.67. The normalized spacial score (nSPS) is 10.6. The van der Waals surface area contributed by atoms with Crippen LogP contribution in [-0.2, 0) is 11.3 Å². The first-order valence-corrected chi connectivity index (χ1v) is 9.96. The highest BCUT2D eigenvalue weighted by Gasteiger charge is 2.15. The van der Waals surface area contributed by atoms with Gasteiger partial charge >= 0.3 is 0 Å². The lowest BCUT2D eigenvalue weighted by Gasteiger charge is -2.14. The van der Waals surface area contributed by atoms with E-state index < -0.39 is 0 Å². The first kappa shape index (κ1) is 22.2. The molecule has 0 atom stereocenters. The van der Waals surface area contributed by atoms with Crippen LogP contribution in [0.2, 0.25) is 0 Å². The van der Waals surface area contributed by atoms with E-state index in [9.17, 15) is 4.79 Å². The number of hydrogen-bond acceptors (Lipinski definition) is 6. The molecule has 0 saturated carbocycles. The summed E-state index contributed by atoms with van der Waals surface area (Å²) in [6.07, 6.45) is 3.42. The van der Waals surface area contributed by atoms with Crippen molar-refractivity contribution in [3.63, 3.8) is 0 Å². The number of carbonyl (C=O) groups excluding carboxylic acids is 1. The fourth-order valence-electron chi connectivity index (χ4n) is 3.01. The van der Waals surface area contributed by atoms with Crippen LogP contribution in [0.1, 0.15) is 21.6 Å². The van der Waals surface area contributed by atoms with Crippen molar-refractivity contribution in [2.75, 3.05) is 34.4 Å². The number of pyridine rings is 2. The molecule has 0 radical (unpaired) electrons. The molecule has 0 aliphatic heterocycles. The maximum absolute atomic E-state index is 12.3. The van der Waals surface area contributed by atoms with Crippen LogP contribution in [0.5, 0.6) is 11.6 Å². The molecule has 2 heterocycles. The minimum absolute atomic E-state index is 0.156. The zero-order chi connectivity index (χ0) is 22.2. The number of amides is 1. The van der Waals surface area contributed by atoms with Gasteiger partial charge in [-0.3, -0.25) is 9.78 Å². The number of ether oxygens (including phenoxy) is 3. The maximum Gasteiger partial charge on any atom is 0.258 e. The molecule has 3 rings (SSSR count). The molecule has 1 amide bonds. The van der Waals surface area contributed by atoms with E-state index in [4.69, 9.17) is 14.2 Å². The van der Waals surface area contributed by atoms with Gasteiger partial charge in [0.1, 0.15) is 24.5 Å². The summed E-state index contributed by atoms with van der Waals surface area (Å²) in [6, 6.07) is 13.3. The molecule has 0 bridgehead atoms. The number of aryl methyl sites for hydroxylation is 1. The fraction of sp³-hybridized carbons (Fsp3) is 0.292. The van der Waals surface area contributed by atoms with Gasteiger partial charge in [-0.1, -0.05) is 12.1 Å². The highest BCUT2D eigenvalue weighted by atomic mass is 16.5. The summed E-state index contributed by atoms with van der Waals surface area (Å²) < 4.78 is 16.4. The smallest absolute Gasteiger partial charge is 0.258 e. The summed E-state index contributed by atoms with van der Waals surface area (Å²) in [5, 5.41) is 0. The van der Waals surface area contributed by atoms with E-state index in [1.807, 2.05) is 43.5 Å². The third-order valence-corrected chi connectivity index (χ3v) is 4.65. The van der Waals surface area contributed by atoms with Crippen molar-refractivity contribution in [3.05, 3.63) is 71.7 Å². The van der Waals surface area contributed by atoms with Crippen LogP contribution in [0.25, 0.3) is 11.1 Å². The van der Waals surface area contributed by atoms with E-state index in [0.29, 0.717) is 24.7 Å². The first-order valence-electron chi connectivity index (χ1n) is 9.96. The number of aromatic nitrogens is 2. The second-order valence-electron chi connectivity index (χ2n) is 7.20. The summed E-state index contributed by atoms with van der Waals surface area (Å²) >= 11 is 0. The van der Waals surface area contributed by atoms with Crippen molar-refractivity contribution >= 4 is 5.91 Å². The Kier molecular flexibility index (Phi) is 7.56. The van der Waals surface area contributed by atoms with Crippen LogP contribution in [0.15, 0.2) is 54.9 Å². The Morgan fingerprint density at radius 2 is 1.87 bits per heavy atom. The van der Waals surface area contributed by atoms with Crippen molar-refractivity contribution < 1.29 is 19.0 Å². The number of rotatable bonds is 9. The highest BCUT2D eigenvalue weighted by Crippen LogP contribution is 2.27. The predicted octanol–water partition coefficient (Wildman–Crippen LogP) is 3.76. The lowest BCUT2D eigenvalue weighted by molar-refractivity contribution is 0.0821. The zero-order valence-corrected chi connectivity index (χ0v) is 18.3. The van der Waals surface area contributed by atoms with Gasteiger partial charge < -0.3 is 19.1 Å². The zero-order valence-electron chi connectivity index (χ0n) is 18.3. The molecule has 7 heteroatoms. The Morgan fingerprint density at radius 1 is 1.03 bits per heavy atom. The van der Waals surface area contributed by atoms with E-state index in [1.165, 1.54) is 4.90 Å². The second-order valence-corrected chi connectivity index (χ2v) is 7.20. The van der Waals surface area contributed by atoms with Gasteiger partial charge in [0.25, 0.3) is 5.91 Å². The lowest BCUT2D eigenvalue weighted by Crippen LogP contribution is -2.22. The molecule has 0 unspecified atom stereocenters. The van der Waals surface area contributed by atoms with E-state index in [1.54, 1.807) is 39.5 Å². The molecule has 0 spiro atoms. The van der Waals surface area contributed by atoms with Gasteiger partial charge in [-0.25, -0.2) is 4.98 Å². The molecule has 162 valence electrons. The number of benzene rings is 1. The average Bonchev–Trinajstić information content (AvgIpc) is 2.78. The van der Waals surface area contributed by atoms with E-state index in [0.717, 1.165) is 28.1 Å². The summed E-state index contributed by atoms with van der Waals surface area (Å²) in [4.78, 5) is 22.5. The molecule has 3 aromatic rings. The first-order chi connectivity index (χ1) is 15.0. The topological polar surface area (TPSA) is 73.8 Å². The molecule has 0 aliphatic rings. The SMILES string of the molecule is COCCOc1ccc(-c2ccc(COc3ncccc3C(=O)N(C)C)nc2)c(C)c1. The molecule has 0 fully saturated rings. The maximum atomic E-state index is 12.3. The monoisotopic (exact) mass is 421 g/mol. The number of methoxy groups -OCH3 is 1. The Bertz CT molecular complexity index is 1020. The van der Waals surface area contributed by atoms with Crippen molar-refractivity contribution in [1.82, 2.24) is 14.9 Å². The summed E-state index contributed by atoms with van der Waals surface area (Å²) in [5.74, 6) is 0.957. The second kappa shape index (κ2) is 10.5. The molecule has 0 saturated heterocycles. The molecule has 2 aromatic heterocycles. The molecule has 1 aromatic carbocycles. The Labute approximate surface area is 182 Å². The summed E-state index contributed by atoms with van der Waals surface area (Å²) in [5.41, 5.74) is 4.36. The van der Waals surface area contributed by atoms with E-state index in [2.05, 4.69) is 9.97 Å². The Morgan fingerprint density at radius 3 is 2.55 bits per heavy atom. The van der Waals surface area contributed by atoms with Crippen LogP contribution in [0.3, 0.4) is 0 Å². The number of hydrogen-bond donors (Lipinski definition) is 0. The van der Waals surface area contributed by atoms with Crippen LogP contribution in [-0.4, -0.2) is 55.2 Å². The van der Waals surface area contributed by atoms with Gasteiger partial charge in [0.05, 0.1) is 12.3 Å². The van der Waals surface area contributed by atoms with Crippen molar-refractivity contribution in [3.8, 4) is 22.8 Å². The molecular weight excluding hydrogens is 394 g/mol. The summed E-state index contributed by atoms with van der Waals surface area (Å²) in [6.45, 7) is 3.33. The van der Waals surface area contributed by atoms with Gasteiger partial charge in [-0.15, -0.1) is 0 Å². The van der Waals surface area contributed by atoms with Crippen LogP contribution in [0, 0.1) is 6.92 Å². The molecule has 31 heavy (non-hydrogen) atoms. The third kappa shape index (κ3) is 5.79. The number of carbonyl (C=O) groups is 1. The Hall–Kier alpha value is -3.45.